The summed E-state index contributed by atoms with van der Waals surface area (Å²) < 4.78 is 5.95. The van der Waals surface area contributed by atoms with Gasteiger partial charge in [-0.2, -0.15) is 0 Å². The van der Waals surface area contributed by atoms with Crippen LogP contribution in [0.5, 0.6) is 0 Å². The molecular formula is C17H20O. The molecule has 2 rings (SSSR count). The van der Waals surface area contributed by atoms with Crippen LogP contribution in [0.25, 0.3) is 11.6 Å². The maximum absolute atomic E-state index is 5.95. The van der Waals surface area contributed by atoms with Gasteiger partial charge in [-0.1, -0.05) is 36.4 Å². The monoisotopic (exact) mass is 240 g/mol. The second kappa shape index (κ2) is 4.85. The Balaban J connectivity index is 2.44. The van der Waals surface area contributed by atoms with Crippen molar-refractivity contribution in [1.29, 1.82) is 0 Å². The second-order valence-electron chi connectivity index (χ2n) is 5.56. The third-order valence-electron chi connectivity index (χ3n) is 2.71. The molecule has 0 N–H and O–H groups in total. The Labute approximate surface area is 109 Å². The molecule has 1 aromatic carbocycles. The predicted molar refractivity (Wildman–Crippen MR) is 78.0 cm³/mol. The molecule has 0 aliphatic heterocycles. The molecular weight excluding hydrogens is 220 g/mol. The molecule has 0 spiro atoms. The van der Waals surface area contributed by atoms with Gasteiger partial charge in [0.15, 0.2) is 0 Å². The molecule has 94 valence electrons. The average molecular weight is 240 g/mol. The lowest BCUT2D eigenvalue weighted by Crippen LogP contribution is -2.18. The third-order valence-corrected chi connectivity index (χ3v) is 2.71. The highest BCUT2D eigenvalue weighted by atomic mass is 16.5. The Kier molecular flexibility index (Phi) is 3.42. The van der Waals surface area contributed by atoms with E-state index in [4.69, 9.17) is 4.74 Å². The minimum atomic E-state index is -0.178. The lowest BCUT2D eigenvalue weighted by molar-refractivity contribution is 0.0619. The molecule has 0 unspecified atom stereocenters. The third kappa shape index (κ3) is 3.13. The number of hydrogen-bond donors (Lipinski definition) is 0. The van der Waals surface area contributed by atoms with Gasteiger partial charge in [0.2, 0.25) is 0 Å². The summed E-state index contributed by atoms with van der Waals surface area (Å²) >= 11 is 0. The molecule has 18 heavy (non-hydrogen) atoms. The fraction of sp³-hybridized carbons (Fsp3) is 0.294. The van der Waals surface area contributed by atoms with Crippen LogP contribution in [0.15, 0.2) is 48.3 Å². The van der Waals surface area contributed by atoms with Gasteiger partial charge in [-0.15, -0.1) is 0 Å². The second-order valence-corrected chi connectivity index (χ2v) is 5.56. The van der Waals surface area contributed by atoms with E-state index < -0.39 is 0 Å². The van der Waals surface area contributed by atoms with Crippen molar-refractivity contribution in [1.82, 2.24) is 0 Å². The zero-order valence-electron chi connectivity index (χ0n) is 11.5. The van der Waals surface area contributed by atoms with E-state index in [9.17, 15) is 0 Å². The van der Waals surface area contributed by atoms with E-state index in [0.717, 1.165) is 5.76 Å². The van der Waals surface area contributed by atoms with Crippen molar-refractivity contribution in [2.75, 3.05) is 0 Å². The summed E-state index contributed by atoms with van der Waals surface area (Å²) in [7, 11) is 0. The van der Waals surface area contributed by atoms with Crippen molar-refractivity contribution in [3.63, 3.8) is 0 Å². The van der Waals surface area contributed by atoms with Crippen molar-refractivity contribution in [3.05, 3.63) is 59.4 Å². The van der Waals surface area contributed by atoms with Gasteiger partial charge in [-0.25, -0.2) is 0 Å². The summed E-state index contributed by atoms with van der Waals surface area (Å²) in [5, 5.41) is 0. The van der Waals surface area contributed by atoms with Gasteiger partial charge in [0, 0.05) is 0 Å². The van der Waals surface area contributed by atoms with Crippen LogP contribution in [0.2, 0.25) is 0 Å². The SMILES string of the molecule is C/C1=C/C=C\C(OC(C)(C)C)=C/c2ccccc21. The van der Waals surface area contributed by atoms with Gasteiger partial charge in [-0.05, 0) is 56.5 Å². The molecule has 0 fully saturated rings. The van der Waals surface area contributed by atoms with E-state index in [0.29, 0.717) is 0 Å². The lowest BCUT2D eigenvalue weighted by atomic mass is 9.98. The average Bonchev–Trinajstić information content (AvgIpc) is 2.25. The summed E-state index contributed by atoms with van der Waals surface area (Å²) in [6.07, 6.45) is 8.29. The van der Waals surface area contributed by atoms with E-state index in [2.05, 4.69) is 64.1 Å². The van der Waals surface area contributed by atoms with Gasteiger partial charge >= 0.3 is 0 Å². The van der Waals surface area contributed by atoms with E-state index in [1.807, 2.05) is 12.2 Å². The molecule has 0 aromatic heterocycles. The van der Waals surface area contributed by atoms with Crippen molar-refractivity contribution in [2.24, 2.45) is 0 Å². The van der Waals surface area contributed by atoms with E-state index in [-0.39, 0.29) is 5.60 Å². The van der Waals surface area contributed by atoms with E-state index in [1.54, 1.807) is 0 Å². The minimum Gasteiger partial charge on any atom is -0.488 e. The maximum Gasteiger partial charge on any atom is 0.120 e. The van der Waals surface area contributed by atoms with Crippen LogP contribution < -0.4 is 0 Å². The summed E-state index contributed by atoms with van der Waals surface area (Å²) in [6, 6.07) is 8.39. The van der Waals surface area contributed by atoms with Gasteiger partial charge in [0.1, 0.15) is 11.4 Å². The minimum absolute atomic E-state index is 0.178. The Morgan fingerprint density at radius 3 is 2.50 bits per heavy atom. The first-order valence-electron chi connectivity index (χ1n) is 6.31. The number of benzene rings is 1. The fourth-order valence-corrected chi connectivity index (χ4v) is 1.98. The van der Waals surface area contributed by atoms with Gasteiger partial charge in [0.05, 0.1) is 0 Å². The van der Waals surface area contributed by atoms with Crippen LogP contribution in [0.1, 0.15) is 38.8 Å². The van der Waals surface area contributed by atoms with Gasteiger partial charge in [0.25, 0.3) is 0 Å². The summed E-state index contributed by atoms with van der Waals surface area (Å²) in [5.41, 5.74) is 3.56. The quantitative estimate of drug-likeness (QED) is 0.684. The molecule has 1 heteroatoms. The normalized spacial score (nSPS) is 22.7. The molecule has 0 heterocycles. The Morgan fingerprint density at radius 1 is 1.06 bits per heavy atom. The topological polar surface area (TPSA) is 9.23 Å². The first kappa shape index (κ1) is 12.7. The highest BCUT2D eigenvalue weighted by Gasteiger charge is 2.13. The predicted octanol–water partition coefficient (Wildman–Crippen LogP) is 4.82. The molecule has 0 amide bonds. The Morgan fingerprint density at radius 2 is 1.78 bits per heavy atom. The van der Waals surface area contributed by atoms with E-state index >= 15 is 0 Å². The van der Waals surface area contributed by atoms with Crippen LogP contribution >= 0.6 is 0 Å². The van der Waals surface area contributed by atoms with Crippen LogP contribution in [0.3, 0.4) is 0 Å². The molecule has 1 aliphatic carbocycles. The van der Waals surface area contributed by atoms with Crippen molar-refractivity contribution in [3.8, 4) is 0 Å². The van der Waals surface area contributed by atoms with Crippen molar-refractivity contribution in [2.45, 2.75) is 33.3 Å². The largest absolute Gasteiger partial charge is 0.488 e. The van der Waals surface area contributed by atoms with Crippen molar-refractivity contribution < 1.29 is 4.74 Å². The molecule has 1 aliphatic rings. The number of rotatable bonds is 1. The molecule has 0 atom stereocenters. The fourth-order valence-electron chi connectivity index (χ4n) is 1.98. The molecule has 1 aromatic rings. The molecule has 0 bridgehead atoms. The van der Waals surface area contributed by atoms with Gasteiger partial charge in [-0.3, -0.25) is 0 Å². The number of hydrogen-bond acceptors (Lipinski definition) is 1. The van der Waals surface area contributed by atoms with Crippen LogP contribution in [0, 0.1) is 0 Å². The smallest absolute Gasteiger partial charge is 0.120 e. The summed E-state index contributed by atoms with van der Waals surface area (Å²) in [6.45, 7) is 8.32. The lowest BCUT2D eigenvalue weighted by Gasteiger charge is -2.22. The summed E-state index contributed by atoms with van der Waals surface area (Å²) in [5.74, 6) is 0.902. The molecule has 0 radical (unpaired) electrons. The first-order valence-corrected chi connectivity index (χ1v) is 6.31. The van der Waals surface area contributed by atoms with Crippen LogP contribution in [0.4, 0.5) is 0 Å². The standard InChI is InChI=1S/C17H20O/c1-13-8-7-10-15(18-17(2,3)4)12-14-9-5-6-11-16(13)14/h5-12H,1-4H3/b8-7?,10-7-,13-8-,14-12?,15-10?,15-12+,16-13?. The molecule has 1 nitrogen and oxygen atoms in total. The number of allylic oxidation sites excluding steroid dienone is 4. The van der Waals surface area contributed by atoms with Crippen LogP contribution in [-0.4, -0.2) is 5.60 Å². The first-order chi connectivity index (χ1) is 8.46. The van der Waals surface area contributed by atoms with E-state index in [1.165, 1.54) is 16.7 Å². The van der Waals surface area contributed by atoms with Gasteiger partial charge < -0.3 is 4.74 Å². The maximum atomic E-state index is 5.95. The number of fused-ring (bicyclic) bond motifs is 1. The Bertz CT molecular complexity index is 525. The number of ether oxygens (including phenoxy) is 1. The summed E-state index contributed by atoms with van der Waals surface area (Å²) in [4.78, 5) is 0. The zero-order valence-corrected chi connectivity index (χ0v) is 11.5. The molecule has 0 saturated carbocycles. The molecule has 0 saturated heterocycles. The van der Waals surface area contributed by atoms with Crippen LogP contribution in [-0.2, 0) is 4.74 Å². The zero-order chi connectivity index (χ0) is 13.2. The highest BCUT2D eigenvalue weighted by Crippen LogP contribution is 2.25. The Hall–Kier alpha value is -1.76. The van der Waals surface area contributed by atoms with Crippen molar-refractivity contribution >= 4 is 11.6 Å². The highest BCUT2D eigenvalue weighted by molar-refractivity contribution is 5.76.